The van der Waals surface area contributed by atoms with E-state index in [9.17, 15) is 0 Å². The van der Waals surface area contributed by atoms with Gasteiger partial charge in [0, 0.05) is 17.5 Å². The fourth-order valence-corrected chi connectivity index (χ4v) is 2.56. The van der Waals surface area contributed by atoms with E-state index >= 15 is 0 Å². The third kappa shape index (κ3) is 3.93. The summed E-state index contributed by atoms with van der Waals surface area (Å²) in [5.41, 5.74) is 6.18. The molecule has 0 aliphatic rings. The van der Waals surface area contributed by atoms with E-state index in [2.05, 4.69) is 31.4 Å². The largest absolute Gasteiger partial charge is 0.377 e. The van der Waals surface area contributed by atoms with Crippen LogP contribution in [0.4, 0.5) is 0 Å². The van der Waals surface area contributed by atoms with Gasteiger partial charge in [0.15, 0.2) is 0 Å². The molecule has 0 bridgehead atoms. The second kappa shape index (κ2) is 6.26. The third-order valence-electron chi connectivity index (χ3n) is 2.46. The molecule has 1 aromatic heterocycles. The second-order valence-electron chi connectivity index (χ2n) is 4.11. The molecule has 2 N–H and O–H groups in total. The first-order valence-corrected chi connectivity index (χ1v) is 6.42. The van der Waals surface area contributed by atoms with Gasteiger partial charge >= 0.3 is 0 Å². The van der Waals surface area contributed by atoms with Crippen LogP contribution in [-0.4, -0.2) is 18.8 Å². The van der Waals surface area contributed by atoms with E-state index in [0.29, 0.717) is 5.92 Å². The molecule has 86 valence electrons. The molecule has 0 spiro atoms. The Kier molecular flexibility index (Phi) is 5.29. The van der Waals surface area contributed by atoms with Crippen LogP contribution in [0.2, 0.25) is 0 Å². The van der Waals surface area contributed by atoms with Crippen molar-refractivity contribution in [3.63, 3.8) is 0 Å². The van der Waals surface area contributed by atoms with E-state index in [1.807, 2.05) is 6.92 Å². The monoisotopic (exact) mass is 227 g/mol. The molecule has 2 atom stereocenters. The maximum atomic E-state index is 6.18. The fraction of sp³-hybridized carbons (Fsp3) is 0.667. The van der Waals surface area contributed by atoms with Crippen LogP contribution >= 0.6 is 11.3 Å². The van der Waals surface area contributed by atoms with Crippen LogP contribution < -0.4 is 5.73 Å². The molecule has 0 saturated carbocycles. The van der Waals surface area contributed by atoms with Crippen LogP contribution in [0.25, 0.3) is 0 Å². The molecule has 2 unspecified atom stereocenters. The van der Waals surface area contributed by atoms with Crippen molar-refractivity contribution in [2.24, 2.45) is 11.7 Å². The van der Waals surface area contributed by atoms with Crippen LogP contribution in [0.15, 0.2) is 17.5 Å². The summed E-state index contributed by atoms with van der Waals surface area (Å²) < 4.78 is 5.69. The van der Waals surface area contributed by atoms with Crippen LogP contribution in [0, 0.1) is 5.92 Å². The van der Waals surface area contributed by atoms with Crippen molar-refractivity contribution in [3.8, 4) is 0 Å². The van der Waals surface area contributed by atoms with E-state index in [0.717, 1.165) is 13.0 Å². The van der Waals surface area contributed by atoms with Crippen LogP contribution in [0.1, 0.15) is 25.6 Å². The Morgan fingerprint density at radius 1 is 1.47 bits per heavy atom. The zero-order chi connectivity index (χ0) is 11.3. The van der Waals surface area contributed by atoms with Gasteiger partial charge in [0.2, 0.25) is 0 Å². The number of rotatable bonds is 6. The highest BCUT2D eigenvalue weighted by Gasteiger charge is 2.21. The second-order valence-corrected chi connectivity index (χ2v) is 5.14. The van der Waals surface area contributed by atoms with Crippen molar-refractivity contribution in [3.05, 3.63) is 22.4 Å². The van der Waals surface area contributed by atoms with E-state index in [4.69, 9.17) is 10.5 Å². The Balaban J connectivity index is 2.52. The third-order valence-corrected chi connectivity index (χ3v) is 3.35. The number of ether oxygens (including phenoxy) is 1. The molecule has 1 heterocycles. The van der Waals surface area contributed by atoms with Gasteiger partial charge in [-0.1, -0.05) is 19.9 Å². The fourth-order valence-electron chi connectivity index (χ4n) is 1.78. The highest BCUT2D eigenvalue weighted by molar-refractivity contribution is 7.09. The molecular formula is C12H21NOS. The Morgan fingerprint density at radius 3 is 2.67 bits per heavy atom. The summed E-state index contributed by atoms with van der Waals surface area (Å²) in [5, 5.41) is 2.09. The molecule has 1 aromatic rings. The van der Waals surface area contributed by atoms with Gasteiger partial charge in [-0.25, -0.2) is 0 Å². The van der Waals surface area contributed by atoms with Gasteiger partial charge in [0.1, 0.15) is 0 Å². The lowest BCUT2D eigenvalue weighted by molar-refractivity contribution is 0.0129. The van der Waals surface area contributed by atoms with Gasteiger partial charge in [0.25, 0.3) is 0 Å². The van der Waals surface area contributed by atoms with Crippen molar-refractivity contribution in [1.29, 1.82) is 0 Å². The standard InChI is InChI=1S/C12H21NOS/c1-4-14-12(9(2)3)11(13)8-10-6-5-7-15-10/h5-7,9,11-12H,4,8,13H2,1-3H3. The molecule has 0 aliphatic carbocycles. The van der Waals surface area contributed by atoms with E-state index < -0.39 is 0 Å². The van der Waals surface area contributed by atoms with E-state index in [1.54, 1.807) is 11.3 Å². The summed E-state index contributed by atoms with van der Waals surface area (Å²) in [6.07, 6.45) is 1.08. The molecule has 0 aliphatic heterocycles. The predicted molar refractivity (Wildman–Crippen MR) is 66.3 cm³/mol. The van der Waals surface area contributed by atoms with Crippen molar-refractivity contribution in [2.45, 2.75) is 39.3 Å². The van der Waals surface area contributed by atoms with E-state index in [-0.39, 0.29) is 12.1 Å². The van der Waals surface area contributed by atoms with Crippen molar-refractivity contribution in [1.82, 2.24) is 0 Å². The Morgan fingerprint density at radius 2 is 2.20 bits per heavy atom. The van der Waals surface area contributed by atoms with Gasteiger partial charge in [-0.05, 0) is 30.7 Å². The molecule has 15 heavy (non-hydrogen) atoms. The quantitative estimate of drug-likeness (QED) is 0.811. The SMILES string of the molecule is CCOC(C(C)C)C(N)Cc1cccs1. The Bertz CT molecular complexity index is 259. The van der Waals surface area contributed by atoms with Crippen molar-refractivity contribution in [2.75, 3.05) is 6.61 Å². The smallest absolute Gasteiger partial charge is 0.0752 e. The lowest BCUT2D eigenvalue weighted by atomic mass is 9.97. The molecule has 0 saturated heterocycles. The van der Waals surface area contributed by atoms with E-state index in [1.165, 1.54) is 4.88 Å². The summed E-state index contributed by atoms with van der Waals surface area (Å²) in [7, 11) is 0. The van der Waals surface area contributed by atoms with Gasteiger partial charge in [-0.15, -0.1) is 11.3 Å². The minimum atomic E-state index is 0.101. The van der Waals surface area contributed by atoms with Crippen molar-refractivity contribution < 1.29 is 4.74 Å². The zero-order valence-corrected chi connectivity index (χ0v) is 10.6. The predicted octanol–water partition coefficient (Wildman–Crippen LogP) is 2.68. The molecule has 0 fully saturated rings. The topological polar surface area (TPSA) is 35.2 Å². The highest BCUT2D eigenvalue weighted by atomic mass is 32.1. The molecule has 1 rings (SSSR count). The van der Waals surface area contributed by atoms with Crippen molar-refractivity contribution >= 4 is 11.3 Å². The summed E-state index contributed by atoms with van der Waals surface area (Å²) >= 11 is 1.76. The molecule has 0 amide bonds. The summed E-state index contributed by atoms with van der Waals surface area (Å²) in [4.78, 5) is 1.34. The average Bonchev–Trinajstić information content (AvgIpc) is 2.65. The van der Waals surface area contributed by atoms with Gasteiger partial charge < -0.3 is 10.5 Å². The zero-order valence-electron chi connectivity index (χ0n) is 9.77. The number of hydrogen-bond donors (Lipinski definition) is 1. The number of hydrogen-bond acceptors (Lipinski definition) is 3. The molecular weight excluding hydrogens is 206 g/mol. The Labute approximate surface area is 96.4 Å². The first kappa shape index (κ1) is 12.7. The summed E-state index contributed by atoms with van der Waals surface area (Å²) in [6.45, 7) is 7.08. The number of nitrogens with two attached hydrogens (primary N) is 1. The Hall–Kier alpha value is -0.380. The lowest BCUT2D eigenvalue weighted by Crippen LogP contribution is -2.41. The summed E-state index contributed by atoms with van der Waals surface area (Å²) in [5.74, 6) is 0.472. The van der Waals surface area contributed by atoms with Gasteiger partial charge in [-0.3, -0.25) is 0 Å². The maximum absolute atomic E-state index is 6.18. The van der Waals surface area contributed by atoms with Crippen LogP contribution in [0.3, 0.4) is 0 Å². The molecule has 0 aromatic carbocycles. The minimum absolute atomic E-state index is 0.101. The molecule has 0 radical (unpaired) electrons. The minimum Gasteiger partial charge on any atom is -0.377 e. The van der Waals surface area contributed by atoms with Crippen LogP contribution in [-0.2, 0) is 11.2 Å². The van der Waals surface area contributed by atoms with Gasteiger partial charge in [-0.2, -0.15) is 0 Å². The normalized spacial score (nSPS) is 15.5. The number of thiophene rings is 1. The average molecular weight is 227 g/mol. The maximum Gasteiger partial charge on any atom is 0.0752 e. The van der Waals surface area contributed by atoms with Gasteiger partial charge in [0.05, 0.1) is 6.10 Å². The lowest BCUT2D eigenvalue weighted by Gasteiger charge is -2.26. The first-order valence-electron chi connectivity index (χ1n) is 5.54. The molecule has 2 nitrogen and oxygen atoms in total. The summed E-state index contributed by atoms with van der Waals surface area (Å²) in [6, 6.07) is 4.30. The van der Waals surface area contributed by atoms with Crippen LogP contribution in [0.5, 0.6) is 0 Å². The highest BCUT2D eigenvalue weighted by Crippen LogP contribution is 2.16. The first-order chi connectivity index (χ1) is 7.15. The molecule has 3 heteroatoms.